The SMILES string of the molecule is CC1(C)CC1NC(=O)c1cncc(N)n1. The third-order valence-electron chi connectivity index (χ3n) is 2.70. The van der Waals surface area contributed by atoms with Crippen molar-refractivity contribution < 1.29 is 4.79 Å². The van der Waals surface area contributed by atoms with Crippen LogP contribution in [0.3, 0.4) is 0 Å². The highest BCUT2D eigenvalue weighted by molar-refractivity contribution is 5.92. The number of aromatic nitrogens is 2. The summed E-state index contributed by atoms with van der Waals surface area (Å²) >= 11 is 0. The lowest BCUT2D eigenvalue weighted by atomic mass is 10.2. The molecule has 0 spiro atoms. The molecule has 1 aliphatic carbocycles. The first-order chi connectivity index (χ1) is 6.99. The molecule has 3 N–H and O–H groups in total. The number of amides is 1. The van der Waals surface area contributed by atoms with E-state index in [2.05, 4.69) is 29.1 Å². The molecule has 1 aromatic rings. The predicted octanol–water partition coefficient (Wildman–Crippen LogP) is 0.587. The zero-order valence-corrected chi connectivity index (χ0v) is 8.82. The van der Waals surface area contributed by atoms with Gasteiger partial charge in [-0.05, 0) is 11.8 Å². The standard InChI is InChI=1S/C10H14N4O/c1-10(2)3-7(10)14-9(15)6-4-12-5-8(11)13-6/h4-5,7H,3H2,1-2H3,(H2,11,13)(H,14,15). The number of anilines is 1. The summed E-state index contributed by atoms with van der Waals surface area (Å²) in [4.78, 5) is 19.4. The number of carbonyl (C=O) groups is 1. The van der Waals surface area contributed by atoms with Crippen LogP contribution in [-0.2, 0) is 0 Å². The van der Waals surface area contributed by atoms with Gasteiger partial charge in [0.05, 0.1) is 12.4 Å². The fourth-order valence-corrected chi connectivity index (χ4v) is 1.44. The Labute approximate surface area is 88.1 Å². The third-order valence-corrected chi connectivity index (χ3v) is 2.70. The van der Waals surface area contributed by atoms with Gasteiger partial charge in [-0.25, -0.2) is 4.98 Å². The van der Waals surface area contributed by atoms with Crippen LogP contribution in [0.1, 0.15) is 30.8 Å². The molecule has 1 aromatic heterocycles. The van der Waals surface area contributed by atoms with E-state index in [1.807, 2.05) is 0 Å². The first kappa shape index (κ1) is 9.89. The minimum atomic E-state index is -0.203. The van der Waals surface area contributed by atoms with Crippen molar-refractivity contribution in [3.63, 3.8) is 0 Å². The molecule has 15 heavy (non-hydrogen) atoms. The van der Waals surface area contributed by atoms with E-state index in [1.54, 1.807) is 0 Å². The highest BCUT2D eigenvalue weighted by Gasteiger charge is 2.46. The topological polar surface area (TPSA) is 80.9 Å². The number of rotatable bonds is 2. The summed E-state index contributed by atoms with van der Waals surface area (Å²) in [7, 11) is 0. The van der Waals surface area contributed by atoms with Crippen LogP contribution < -0.4 is 11.1 Å². The van der Waals surface area contributed by atoms with Crippen molar-refractivity contribution >= 4 is 11.7 Å². The maximum Gasteiger partial charge on any atom is 0.271 e. The summed E-state index contributed by atoms with van der Waals surface area (Å²) in [5, 5.41) is 2.89. The summed E-state index contributed by atoms with van der Waals surface area (Å²) < 4.78 is 0. The summed E-state index contributed by atoms with van der Waals surface area (Å²) in [6.07, 6.45) is 3.84. The van der Waals surface area contributed by atoms with Crippen LogP contribution in [0.5, 0.6) is 0 Å². The highest BCUT2D eigenvalue weighted by atomic mass is 16.2. The van der Waals surface area contributed by atoms with Gasteiger partial charge in [0, 0.05) is 6.04 Å². The quantitative estimate of drug-likeness (QED) is 0.742. The van der Waals surface area contributed by atoms with Gasteiger partial charge in [0.1, 0.15) is 11.5 Å². The largest absolute Gasteiger partial charge is 0.382 e. The Kier molecular flexibility index (Phi) is 2.10. The molecule has 80 valence electrons. The number of hydrogen-bond donors (Lipinski definition) is 2. The van der Waals surface area contributed by atoms with Crippen LogP contribution in [0.2, 0.25) is 0 Å². The van der Waals surface area contributed by atoms with Crippen LogP contribution in [0.25, 0.3) is 0 Å². The van der Waals surface area contributed by atoms with Crippen LogP contribution in [0, 0.1) is 5.41 Å². The van der Waals surface area contributed by atoms with Crippen LogP contribution in [0.4, 0.5) is 5.82 Å². The molecule has 0 saturated heterocycles. The number of nitrogens with one attached hydrogen (secondary N) is 1. The molecule has 5 nitrogen and oxygen atoms in total. The van der Waals surface area contributed by atoms with Crippen molar-refractivity contribution in [2.24, 2.45) is 5.41 Å². The van der Waals surface area contributed by atoms with Gasteiger partial charge in [-0.1, -0.05) is 13.8 Å². The van der Waals surface area contributed by atoms with Gasteiger partial charge < -0.3 is 11.1 Å². The summed E-state index contributed by atoms with van der Waals surface area (Å²) in [5.41, 5.74) is 5.93. The number of nitrogens with two attached hydrogens (primary N) is 1. The molecule has 1 unspecified atom stereocenters. The minimum absolute atomic E-state index is 0.203. The van der Waals surface area contributed by atoms with Crippen molar-refractivity contribution in [3.8, 4) is 0 Å². The molecule has 0 aromatic carbocycles. The smallest absolute Gasteiger partial charge is 0.271 e. The molecule has 5 heteroatoms. The van der Waals surface area contributed by atoms with E-state index in [0.29, 0.717) is 0 Å². The second kappa shape index (κ2) is 3.18. The van der Waals surface area contributed by atoms with Gasteiger partial charge in [0.15, 0.2) is 0 Å². The molecule has 1 atom stereocenters. The summed E-state index contributed by atoms with van der Waals surface area (Å²) in [6.45, 7) is 4.23. The van der Waals surface area contributed by atoms with Crippen molar-refractivity contribution in [3.05, 3.63) is 18.1 Å². The van der Waals surface area contributed by atoms with Crippen molar-refractivity contribution in [1.82, 2.24) is 15.3 Å². The van der Waals surface area contributed by atoms with Crippen molar-refractivity contribution in [2.75, 3.05) is 5.73 Å². The predicted molar refractivity (Wildman–Crippen MR) is 56.1 cm³/mol. The van der Waals surface area contributed by atoms with Crippen LogP contribution in [-0.4, -0.2) is 21.9 Å². The lowest BCUT2D eigenvalue weighted by Crippen LogP contribution is -2.29. The number of hydrogen-bond acceptors (Lipinski definition) is 4. The molecule has 0 radical (unpaired) electrons. The molecule has 0 bridgehead atoms. The molecular weight excluding hydrogens is 192 g/mol. The monoisotopic (exact) mass is 206 g/mol. The van der Waals surface area contributed by atoms with Crippen molar-refractivity contribution in [2.45, 2.75) is 26.3 Å². The van der Waals surface area contributed by atoms with Gasteiger partial charge in [0.2, 0.25) is 0 Å². The average molecular weight is 206 g/mol. The molecule has 1 aliphatic rings. The second-order valence-electron chi connectivity index (χ2n) is 4.55. The fourth-order valence-electron chi connectivity index (χ4n) is 1.44. The molecule has 1 heterocycles. The van der Waals surface area contributed by atoms with Gasteiger partial charge in [0.25, 0.3) is 5.91 Å². The Hall–Kier alpha value is -1.65. The van der Waals surface area contributed by atoms with E-state index in [1.165, 1.54) is 12.4 Å². The van der Waals surface area contributed by atoms with E-state index in [-0.39, 0.29) is 28.9 Å². The molecule has 0 aliphatic heterocycles. The van der Waals surface area contributed by atoms with E-state index in [4.69, 9.17) is 5.73 Å². The van der Waals surface area contributed by atoms with E-state index in [9.17, 15) is 4.79 Å². The number of nitrogen functional groups attached to an aromatic ring is 1. The first-order valence-corrected chi connectivity index (χ1v) is 4.87. The Balaban J connectivity index is 2.03. The van der Waals surface area contributed by atoms with Gasteiger partial charge in [-0.15, -0.1) is 0 Å². The lowest BCUT2D eigenvalue weighted by Gasteiger charge is -2.05. The Morgan fingerprint density at radius 3 is 2.80 bits per heavy atom. The minimum Gasteiger partial charge on any atom is -0.382 e. The molecule has 1 fully saturated rings. The Morgan fingerprint density at radius 2 is 2.27 bits per heavy atom. The van der Waals surface area contributed by atoms with E-state index >= 15 is 0 Å². The first-order valence-electron chi connectivity index (χ1n) is 4.87. The average Bonchev–Trinajstić information content (AvgIpc) is 2.73. The van der Waals surface area contributed by atoms with E-state index < -0.39 is 0 Å². The lowest BCUT2D eigenvalue weighted by molar-refractivity contribution is 0.0941. The Morgan fingerprint density at radius 1 is 1.60 bits per heavy atom. The highest BCUT2D eigenvalue weighted by Crippen LogP contribution is 2.44. The van der Waals surface area contributed by atoms with Gasteiger partial charge in [-0.3, -0.25) is 9.78 Å². The third kappa shape index (κ3) is 2.06. The molecule has 1 amide bonds. The normalized spacial score (nSPS) is 22.1. The van der Waals surface area contributed by atoms with Crippen LogP contribution >= 0.6 is 0 Å². The zero-order chi connectivity index (χ0) is 11.1. The Bertz CT molecular complexity index is 402. The maximum atomic E-state index is 11.7. The number of nitrogens with zero attached hydrogens (tertiary/aromatic N) is 2. The molecule has 1 saturated carbocycles. The fraction of sp³-hybridized carbons (Fsp3) is 0.500. The maximum absolute atomic E-state index is 11.7. The van der Waals surface area contributed by atoms with Crippen LogP contribution in [0.15, 0.2) is 12.4 Å². The summed E-state index contributed by atoms with van der Waals surface area (Å²) in [5.74, 6) is 0.0584. The van der Waals surface area contributed by atoms with E-state index in [0.717, 1.165) is 6.42 Å². The number of carbonyl (C=O) groups excluding carboxylic acids is 1. The second-order valence-corrected chi connectivity index (χ2v) is 4.55. The van der Waals surface area contributed by atoms with Gasteiger partial charge in [-0.2, -0.15) is 0 Å². The van der Waals surface area contributed by atoms with Gasteiger partial charge >= 0.3 is 0 Å². The molecular formula is C10H14N4O. The van der Waals surface area contributed by atoms with Crippen molar-refractivity contribution in [1.29, 1.82) is 0 Å². The zero-order valence-electron chi connectivity index (χ0n) is 8.82. The molecule has 2 rings (SSSR count). The summed E-state index contributed by atoms with van der Waals surface area (Å²) in [6, 6.07) is 0.244.